The van der Waals surface area contributed by atoms with Crippen molar-refractivity contribution in [3.05, 3.63) is 0 Å². The first-order valence-corrected chi connectivity index (χ1v) is 10.2. The Labute approximate surface area is 176 Å². The Morgan fingerprint density at radius 1 is 1.12 bits per heavy atom. The van der Waals surface area contributed by atoms with Gasteiger partial charge in [-0.3, -0.25) is 9.89 Å². The normalized spacial score (nSPS) is 27.8. The van der Waals surface area contributed by atoms with Gasteiger partial charge in [0.25, 0.3) is 0 Å². The maximum absolute atomic E-state index is 5.47. The Hall–Kier alpha value is -0.120. The second-order valence-corrected chi connectivity index (χ2v) is 8.11. The van der Waals surface area contributed by atoms with E-state index in [2.05, 4.69) is 32.5 Å². The highest BCUT2D eigenvalue weighted by Gasteiger charge is 2.39. The zero-order chi connectivity index (χ0) is 17.5. The summed E-state index contributed by atoms with van der Waals surface area (Å²) in [6.07, 6.45) is 7.77. The summed E-state index contributed by atoms with van der Waals surface area (Å²) >= 11 is 0. The first kappa shape index (κ1) is 22.2. The molecule has 3 aliphatic heterocycles. The second-order valence-electron chi connectivity index (χ2n) is 8.11. The Bertz CT molecular complexity index is 428. The van der Waals surface area contributed by atoms with E-state index in [9.17, 15) is 0 Å². The van der Waals surface area contributed by atoms with Crippen molar-refractivity contribution in [3.8, 4) is 0 Å². The van der Waals surface area contributed by atoms with Crippen LogP contribution in [0.1, 0.15) is 38.5 Å². The number of likely N-dealkylation sites (tertiary alicyclic amines) is 2. The number of guanidine groups is 1. The molecule has 152 valence electrons. The van der Waals surface area contributed by atoms with E-state index in [1.807, 2.05) is 7.05 Å². The van der Waals surface area contributed by atoms with Crippen molar-refractivity contribution in [2.24, 2.45) is 10.9 Å². The summed E-state index contributed by atoms with van der Waals surface area (Å²) < 4.78 is 5.47. The van der Waals surface area contributed by atoms with E-state index in [0.29, 0.717) is 11.5 Å². The molecule has 0 saturated carbocycles. The van der Waals surface area contributed by atoms with Crippen LogP contribution in [0.25, 0.3) is 0 Å². The van der Waals surface area contributed by atoms with Crippen LogP contribution >= 0.6 is 24.0 Å². The highest BCUT2D eigenvalue weighted by atomic mass is 127. The van der Waals surface area contributed by atoms with E-state index in [1.54, 1.807) is 0 Å². The average molecular weight is 479 g/mol. The number of nitrogens with zero attached hydrogens (tertiary/aromatic N) is 3. The van der Waals surface area contributed by atoms with Crippen LogP contribution < -0.4 is 10.6 Å². The molecule has 2 N–H and O–H groups in total. The van der Waals surface area contributed by atoms with Crippen LogP contribution in [0.3, 0.4) is 0 Å². The molecular weight excluding hydrogens is 441 g/mol. The van der Waals surface area contributed by atoms with Gasteiger partial charge in [0.2, 0.25) is 0 Å². The lowest BCUT2D eigenvalue weighted by molar-refractivity contribution is 0.0173. The standard InChI is InChI=1S/C19H37N5O.HI/c1-20-18(21-14-17-6-13-25-15-17)22-16-19(7-11-23(2)12-8-19)24-9-4-3-5-10-24;/h17H,3-16H2,1-2H3,(H2,20,21,22);1H. The summed E-state index contributed by atoms with van der Waals surface area (Å²) in [7, 11) is 4.13. The first-order valence-electron chi connectivity index (χ1n) is 10.2. The predicted octanol–water partition coefficient (Wildman–Crippen LogP) is 1.76. The molecule has 3 heterocycles. The summed E-state index contributed by atoms with van der Waals surface area (Å²) in [5.41, 5.74) is 0.293. The number of hydrogen-bond acceptors (Lipinski definition) is 4. The number of rotatable bonds is 5. The van der Waals surface area contributed by atoms with E-state index in [-0.39, 0.29) is 24.0 Å². The highest BCUT2D eigenvalue weighted by Crippen LogP contribution is 2.30. The number of ether oxygens (including phenoxy) is 1. The molecule has 0 radical (unpaired) electrons. The Balaban J connectivity index is 0.00000243. The van der Waals surface area contributed by atoms with Gasteiger partial charge in [-0.25, -0.2) is 0 Å². The van der Waals surface area contributed by atoms with E-state index in [4.69, 9.17) is 4.74 Å². The van der Waals surface area contributed by atoms with Crippen molar-refractivity contribution in [1.82, 2.24) is 20.4 Å². The fourth-order valence-electron chi connectivity index (χ4n) is 4.46. The molecule has 0 amide bonds. The molecule has 3 saturated heterocycles. The summed E-state index contributed by atoms with van der Waals surface area (Å²) in [5.74, 6) is 1.57. The number of piperidine rings is 2. The second kappa shape index (κ2) is 11.0. The fraction of sp³-hybridized carbons (Fsp3) is 0.947. The van der Waals surface area contributed by atoms with Gasteiger partial charge < -0.3 is 20.3 Å². The lowest BCUT2D eigenvalue weighted by Crippen LogP contribution is -2.62. The molecule has 1 unspecified atom stereocenters. The quantitative estimate of drug-likeness (QED) is 0.358. The van der Waals surface area contributed by atoms with Crippen molar-refractivity contribution in [2.75, 3.05) is 66.6 Å². The highest BCUT2D eigenvalue weighted by molar-refractivity contribution is 14.0. The molecule has 3 fully saturated rings. The molecule has 3 rings (SSSR count). The van der Waals surface area contributed by atoms with Crippen molar-refractivity contribution in [3.63, 3.8) is 0 Å². The van der Waals surface area contributed by atoms with Crippen LogP contribution in [-0.4, -0.2) is 87.9 Å². The van der Waals surface area contributed by atoms with Crippen LogP contribution in [0.2, 0.25) is 0 Å². The van der Waals surface area contributed by atoms with Gasteiger partial charge in [-0.1, -0.05) is 6.42 Å². The number of aliphatic imine (C=N–C) groups is 1. The van der Waals surface area contributed by atoms with Gasteiger partial charge in [-0.2, -0.15) is 0 Å². The van der Waals surface area contributed by atoms with Gasteiger partial charge in [0, 0.05) is 38.2 Å². The van der Waals surface area contributed by atoms with Crippen molar-refractivity contribution >= 4 is 29.9 Å². The van der Waals surface area contributed by atoms with Gasteiger partial charge in [0.05, 0.1) is 6.61 Å². The lowest BCUT2D eigenvalue weighted by atomic mass is 9.84. The SMILES string of the molecule is CN=C(NCC1CCOC1)NCC1(N2CCCCC2)CCN(C)CC1.I. The molecule has 3 aliphatic rings. The molecule has 26 heavy (non-hydrogen) atoms. The van der Waals surface area contributed by atoms with Crippen LogP contribution in [0, 0.1) is 5.92 Å². The third-order valence-electron chi connectivity index (χ3n) is 6.34. The molecule has 0 spiro atoms. The van der Waals surface area contributed by atoms with Crippen molar-refractivity contribution in [1.29, 1.82) is 0 Å². The molecule has 0 bridgehead atoms. The molecule has 0 aromatic carbocycles. The Morgan fingerprint density at radius 3 is 2.46 bits per heavy atom. The Kier molecular flexibility index (Phi) is 9.40. The van der Waals surface area contributed by atoms with E-state index >= 15 is 0 Å². The number of nitrogens with one attached hydrogen (secondary N) is 2. The fourth-order valence-corrected chi connectivity index (χ4v) is 4.46. The minimum atomic E-state index is 0. The predicted molar refractivity (Wildman–Crippen MR) is 119 cm³/mol. The summed E-state index contributed by atoms with van der Waals surface area (Å²) in [6, 6.07) is 0. The number of halogens is 1. The largest absolute Gasteiger partial charge is 0.381 e. The molecule has 0 aliphatic carbocycles. The molecule has 6 nitrogen and oxygen atoms in total. The zero-order valence-electron chi connectivity index (χ0n) is 16.6. The van der Waals surface area contributed by atoms with Crippen LogP contribution in [-0.2, 0) is 4.74 Å². The third-order valence-corrected chi connectivity index (χ3v) is 6.34. The summed E-state index contributed by atoms with van der Waals surface area (Å²) in [6.45, 7) is 8.67. The average Bonchev–Trinajstić information content (AvgIpc) is 3.18. The van der Waals surface area contributed by atoms with E-state index in [0.717, 1.165) is 38.7 Å². The summed E-state index contributed by atoms with van der Waals surface area (Å²) in [4.78, 5) is 9.69. The first-order chi connectivity index (χ1) is 12.2. The van der Waals surface area contributed by atoms with E-state index < -0.39 is 0 Å². The zero-order valence-corrected chi connectivity index (χ0v) is 19.0. The molecule has 1 atom stereocenters. The van der Waals surface area contributed by atoms with Gasteiger partial charge >= 0.3 is 0 Å². The van der Waals surface area contributed by atoms with Gasteiger partial charge in [0.15, 0.2) is 5.96 Å². The van der Waals surface area contributed by atoms with Crippen LogP contribution in [0.4, 0.5) is 0 Å². The molecule has 0 aromatic heterocycles. The van der Waals surface area contributed by atoms with Crippen molar-refractivity contribution < 1.29 is 4.74 Å². The lowest BCUT2D eigenvalue weighted by Gasteiger charge is -2.50. The minimum Gasteiger partial charge on any atom is -0.381 e. The topological polar surface area (TPSA) is 52.1 Å². The van der Waals surface area contributed by atoms with E-state index in [1.165, 1.54) is 58.3 Å². The van der Waals surface area contributed by atoms with Gasteiger partial charge in [-0.05, 0) is 65.3 Å². The molecular formula is C19H38IN5O. The molecule has 0 aromatic rings. The number of hydrogen-bond donors (Lipinski definition) is 2. The maximum atomic E-state index is 5.47. The molecule has 7 heteroatoms. The Morgan fingerprint density at radius 2 is 1.85 bits per heavy atom. The van der Waals surface area contributed by atoms with Crippen LogP contribution in [0.5, 0.6) is 0 Å². The van der Waals surface area contributed by atoms with Gasteiger partial charge in [-0.15, -0.1) is 24.0 Å². The van der Waals surface area contributed by atoms with Gasteiger partial charge in [0.1, 0.15) is 0 Å². The summed E-state index contributed by atoms with van der Waals surface area (Å²) in [5, 5.41) is 7.16. The maximum Gasteiger partial charge on any atom is 0.191 e. The smallest absolute Gasteiger partial charge is 0.191 e. The van der Waals surface area contributed by atoms with Crippen molar-refractivity contribution in [2.45, 2.75) is 44.1 Å². The third kappa shape index (κ3) is 5.94. The minimum absolute atomic E-state index is 0. The van der Waals surface area contributed by atoms with Crippen LogP contribution in [0.15, 0.2) is 4.99 Å². The monoisotopic (exact) mass is 479 g/mol.